The zero-order chi connectivity index (χ0) is 19.6. The molecule has 0 saturated heterocycles. The highest BCUT2D eigenvalue weighted by Gasteiger charge is 2.28. The van der Waals surface area contributed by atoms with E-state index >= 15 is 0 Å². The molecule has 3 atom stereocenters. The van der Waals surface area contributed by atoms with Crippen molar-refractivity contribution in [1.29, 1.82) is 0 Å². The molecule has 4 heteroatoms. The summed E-state index contributed by atoms with van der Waals surface area (Å²) in [6.45, 7) is 5.71. The average molecular weight is 386 g/mol. The molecule has 0 aliphatic carbocycles. The van der Waals surface area contributed by atoms with Crippen molar-refractivity contribution < 1.29 is 9.90 Å². The standard InChI is InChI=1S/C23H31NO2S/c1-4-5-11-20(14-9-15-21-16-10-17-27-21)23(26)24(3)18(2)22(25)19-12-7-6-8-13-19/h4,6-8,10,12-13,16-18,20,22,25H,1,5,9,11,14-15H2,2-3H3/t18-,20?,22?/m0/s1. The summed E-state index contributed by atoms with van der Waals surface area (Å²) in [4.78, 5) is 16.2. The van der Waals surface area contributed by atoms with Crippen molar-refractivity contribution in [2.24, 2.45) is 5.92 Å². The highest BCUT2D eigenvalue weighted by atomic mass is 32.1. The lowest BCUT2D eigenvalue weighted by Gasteiger charge is -2.32. The first-order valence-electron chi connectivity index (χ1n) is 9.67. The van der Waals surface area contributed by atoms with E-state index < -0.39 is 6.10 Å². The Hall–Kier alpha value is -1.91. The van der Waals surface area contributed by atoms with Crippen LogP contribution >= 0.6 is 11.3 Å². The maximum Gasteiger partial charge on any atom is 0.225 e. The van der Waals surface area contributed by atoms with Crippen molar-refractivity contribution in [3.8, 4) is 0 Å². The van der Waals surface area contributed by atoms with Crippen LogP contribution < -0.4 is 0 Å². The van der Waals surface area contributed by atoms with Crippen molar-refractivity contribution in [2.45, 2.75) is 51.2 Å². The van der Waals surface area contributed by atoms with E-state index in [4.69, 9.17) is 0 Å². The Morgan fingerprint density at radius 1 is 1.22 bits per heavy atom. The third-order valence-corrected chi connectivity index (χ3v) is 6.12. The number of benzene rings is 1. The van der Waals surface area contributed by atoms with E-state index in [0.29, 0.717) is 0 Å². The fraction of sp³-hybridized carbons (Fsp3) is 0.435. The summed E-state index contributed by atoms with van der Waals surface area (Å²) in [5.41, 5.74) is 0.838. The van der Waals surface area contributed by atoms with Crippen molar-refractivity contribution >= 4 is 17.2 Å². The molecule has 1 heterocycles. The molecule has 2 aromatic rings. The van der Waals surface area contributed by atoms with Crippen LogP contribution in [0.15, 0.2) is 60.5 Å². The minimum atomic E-state index is -0.689. The van der Waals surface area contributed by atoms with E-state index in [9.17, 15) is 9.90 Å². The Morgan fingerprint density at radius 3 is 2.59 bits per heavy atom. The lowest BCUT2D eigenvalue weighted by molar-refractivity contribution is -0.138. The molecule has 0 fully saturated rings. The topological polar surface area (TPSA) is 40.5 Å². The lowest BCUT2D eigenvalue weighted by Crippen LogP contribution is -2.42. The van der Waals surface area contributed by atoms with Crippen LogP contribution in [0.25, 0.3) is 0 Å². The second kappa shape index (κ2) is 11.1. The van der Waals surface area contributed by atoms with Gasteiger partial charge in [-0.15, -0.1) is 17.9 Å². The smallest absolute Gasteiger partial charge is 0.225 e. The fourth-order valence-electron chi connectivity index (χ4n) is 3.32. The molecular weight excluding hydrogens is 354 g/mol. The summed E-state index contributed by atoms with van der Waals surface area (Å²) in [7, 11) is 1.80. The van der Waals surface area contributed by atoms with Crippen molar-refractivity contribution in [3.05, 3.63) is 70.9 Å². The summed E-state index contributed by atoms with van der Waals surface area (Å²) in [5, 5.41) is 12.8. The Balaban J connectivity index is 1.97. The third-order valence-electron chi connectivity index (χ3n) is 5.18. The van der Waals surface area contributed by atoms with Crippen LogP contribution in [0.5, 0.6) is 0 Å². The molecule has 1 amide bonds. The number of carbonyl (C=O) groups is 1. The SMILES string of the molecule is C=CCCC(CCCc1cccs1)C(=O)N(C)[C@@H](C)C(O)c1ccccc1. The van der Waals surface area contributed by atoms with Crippen LogP contribution in [-0.4, -0.2) is 29.0 Å². The molecule has 1 aromatic heterocycles. The number of carbonyl (C=O) groups excluding carboxylic acids is 1. The van der Waals surface area contributed by atoms with E-state index in [1.54, 1.807) is 23.3 Å². The lowest BCUT2D eigenvalue weighted by atomic mass is 9.93. The maximum absolute atomic E-state index is 13.1. The Labute approximate surface area is 167 Å². The Bertz CT molecular complexity index is 684. The van der Waals surface area contributed by atoms with Gasteiger partial charge in [0.25, 0.3) is 0 Å². The van der Waals surface area contributed by atoms with Gasteiger partial charge in [-0.25, -0.2) is 0 Å². The highest BCUT2D eigenvalue weighted by Crippen LogP contribution is 2.25. The van der Waals surface area contributed by atoms with Crippen LogP contribution in [0.2, 0.25) is 0 Å². The van der Waals surface area contributed by atoms with Crippen LogP contribution in [0, 0.1) is 5.92 Å². The Kier molecular flexibility index (Phi) is 8.76. The number of rotatable bonds is 11. The van der Waals surface area contributed by atoms with Gasteiger partial charge in [-0.1, -0.05) is 42.5 Å². The molecule has 0 bridgehead atoms. The van der Waals surface area contributed by atoms with E-state index in [-0.39, 0.29) is 17.9 Å². The molecule has 0 aliphatic rings. The zero-order valence-electron chi connectivity index (χ0n) is 16.4. The molecule has 2 rings (SSSR count). The molecule has 27 heavy (non-hydrogen) atoms. The fourth-order valence-corrected chi connectivity index (χ4v) is 4.07. The number of amides is 1. The first kappa shape index (κ1) is 21.4. The number of allylic oxidation sites excluding steroid dienone is 1. The molecule has 0 saturated carbocycles. The Morgan fingerprint density at radius 2 is 1.96 bits per heavy atom. The quantitative estimate of drug-likeness (QED) is 0.538. The molecule has 0 spiro atoms. The molecular formula is C23H31NO2S. The number of hydrogen-bond donors (Lipinski definition) is 1. The van der Waals surface area contributed by atoms with Crippen LogP contribution in [0.1, 0.15) is 49.2 Å². The van der Waals surface area contributed by atoms with Gasteiger partial charge in [0.1, 0.15) is 0 Å². The maximum atomic E-state index is 13.1. The van der Waals surface area contributed by atoms with Crippen LogP contribution in [0.4, 0.5) is 0 Å². The largest absolute Gasteiger partial charge is 0.386 e. The van der Waals surface area contributed by atoms with Gasteiger partial charge in [-0.2, -0.15) is 0 Å². The molecule has 0 radical (unpaired) electrons. The number of hydrogen-bond acceptors (Lipinski definition) is 3. The van der Waals surface area contributed by atoms with Crippen LogP contribution in [0.3, 0.4) is 0 Å². The summed E-state index contributed by atoms with van der Waals surface area (Å²) < 4.78 is 0. The van der Waals surface area contributed by atoms with E-state index in [1.165, 1.54) is 4.88 Å². The van der Waals surface area contributed by atoms with Gasteiger partial charge in [0.15, 0.2) is 0 Å². The number of aliphatic hydroxyl groups excluding tert-OH is 1. The first-order valence-corrected chi connectivity index (χ1v) is 10.6. The third kappa shape index (κ3) is 6.33. The van der Waals surface area contributed by atoms with Gasteiger partial charge < -0.3 is 10.0 Å². The number of thiophene rings is 1. The monoisotopic (exact) mass is 385 g/mol. The zero-order valence-corrected chi connectivity index (χ0v) is 17.2. The van der Waals surface area contributed by atoms with Gasteiger partial charge in [-0.3, -0.25) is 4.79 Å². The summed E-state index contributed by atoms with van der Waals surface area (Å²) in [6.07, 6.45) is 5.71. The minimum absolute atomic E-state index is 0.0293. The van der Waals surface area contributed by atoms with Gasteiger partial charge in [0, 0.05) is 17.8 Å². The average Bonchev–Trinajstić information content (AvgIpc) is 3.22. The minimum Gasteiger partial charge on any atom is -0.386 e. The highest BCUT2D eigenvalue weighted by molar-refractivity contribution is 7.09. The van der Waals surface area contributed by atoms with Gasteiger partial charge in [-0.05, 0) is 56.0 Å². The van der Waals surface area contributed by atoms with Gasteiger partial charge in [0.05, 0.1) is 12.1 Å². The second-order valence-corrected chi connectivity index (χ2v) is 8.11. The molecule has 146 valence electrons. The van der Waals surface area contributed by atoms with E-state index in [2.05, 4.69) is 24.1 Å². The molecule has 2 unspecified atom stereocenters. The predicted molar refractivity (Wildman–Crippen MR) is 114 cm³/mol. The molecule has 1 aromatic carbocycles. The predicted octanol–water partition coefficient (Wildman–Crippen LogP) is 5.23. The number of aliphatic hydroxyl groups is 1. The molecule has 0 aliphatic heterocycles. The summed E-state index contributed by atoms with van der Waals surface area (Å²) in [5.74, 6) is 0.0869. The normalized spacial score (nSPS) is 14.3. The summed E-state index contributed by atoms with van der Waals surface area (Å²) >= 11 is 1.77. The van der Waals surface area contributed by atoms with Crippen LogP contribution in [-0.2, 0) is 11.2 Å². The summed E-state index contributed by atoms with van der Waals surface area (Å²) in [6, 6.07) is 13.5. The van der Waals surface area contributed by atoms with Crippen molar-refractivity contribution in [1.82, 2.24) is 4.90 Å². The molecule has 3 nitrogen and oxygen atoms in total. The first-order chi connectivity index (χ1) is 13.0. The van der Waals surface area contributed by atoms with Gasteiger partial charge >= 0.3 is 0 Å². The van der Waals surface area contributed by atoms with Gasteiger partial charge in [0.2, 0.25) is 5.91 Å². The van der Waals surface area contributed by atoms with Crippen molar-refractivity contribution in [2.75, 3.05) is 7.05 Å². The van der Waals surface area contributed by atoms with E-state index in [1.807, 2.05) is 43.3 Å². The second-order valence-electron chi connectivity index (χ2n) is 7.08. The molecule has 1 N–H and O–H groups in total. The van der Waals surface area contributed by atoms with Crippen molar-refractivity contribution in [3.63, 3.8) is 0 Å². The number of aryl methyl sites for hydroxylation is 1. The number of nitrogens with zero attached hydrogens (tertiary/aromatic N) is 1. The number of likely N-dealkylation sites (N-methyl/N-ethyl adjacent to an activating group) is 1. The van der Waals surface area contributed by atoms with E-state index in [0.717, 1.165) is 37.7 Å².